The van der Waals surface area contributed by atoms with Crippen LogP contribution in [-0.2, 0) is 12.8 Å². The summed E-state index contributed by atoms with van der Waals surface area (Å²) >= 11 is 3.34. The quantitative estimate of drug-likeness (QED) is 0.660. The van der Waals surface area contributed by atoms with Gasteiger partial charge in [0.25, 0.3) is 5.91 Å². The number of hydrogen-bond acceptors (Lipinski definition) is 3. The average molecular weight is 360 g/mol. The minimum Gasteiger partial charge on any atom is -0.321 e. The molecule has 0 spiro atoms. The van der Waals surface area contributed by atoms with Crippen LogP contribution in [0.15, 0.2) is 26.6 Å². The molecule has 1 aliphatic heterocycles. The molecule has 0 unspecified atom stereocenters. The van der Waals surface area contributed by atoms with Crippen LogP contribution in [0.2, 0.25) is 0 Å². The van der Waals surface area contributed by atoms with Crippen molar-refractivity contribution in [2.24, 2.45) is 0 Å². The van der Waals surface area contributed by atoms with Crippen LogP contribution < -0.4 is 5.32 Å². The molecular formula is C20H25NOS2. The Morgan fingerprint density at radius 2 is 1.96 bits per heavy atom. The van der Waals surface area contributed by atoms with Gasteiger partial charge in [0, 0.05) is 20.6 Å². The zero-order valence-corrected chi connectivity index (χ0v) is 16.5. The molecule has 0 bridgehead atoms. The van der Waals surface area contributed by atoms with Crippen LogP contribution in [0.5, 0.6) is 0 Å². The number of aryl methyl sites for hydroxylation is 1. The molecular weight excluding hydrogens is 334 g/mol. The van der Waals surface area contributed by atoms with Crippen molar-refractivity contribution in [3.8, 4) is 0 Å². The fourth-order valence-electron chi connectivity index (χ4n) is 3.46. The summed E-state index contributed by atoms with van der Waals surface area (Å²) in [5.41, 5.74) is 6.07. The van der Waals surface area contributed by atoms with E-state index in [-0.39, 0.29) is 5.91 Å². The van der Waals surface area contributed by atoms with Crippen molar-refractivity contribution >= 4 is 34.7 Å². The number of carbonyl (C=O) groups is 1. The van der Waals surface area contributed by atoms with Crippen LogP contribution in [0, 0.1) is 0 Å². The minimum absolute atomic E-state index is 0.0303. The Morgan fingerprint density at radius 1 is 1.17 bits per heavy atom. The number of nitrogens with one attached hydrogen (secondary N) is 1. The maximum atomic E-state index is 12.6. The van der Waals surface area contributed by atoms with Gasteiger partial charge >= 0.3 is 0 Å². The van der Waals surface area contributed by atoms with Crippen LogP contribution in [0.3, 0.4) is 0 Å². The predicted octanol–water partition coefficient (Wildman–Crippen LogP) is 6.49. The lowest BCUT2D eigenvalue weighted by molar-refractivity contribution is 0.102. The summed E-state index contributed by atoms with van der Waals surface area (Å²) in [5.74, 6) is 0.425. The number of fused-ring (bicyclic) bond motifs is 2. The average Bonchev–Trinajstić information content (AvgIpc) is 2.97. The third-order valence-electron chi connectivity index (χ3n) is 4.59. The lowest BCUT2D eigenvalue weighted by atomic mass is 9.88. The molecule has 0 radical (unpaired) electrons. The molecule has 0 fully saturated rings. The second kappa shape index (κ2) is 7.32. The van der Waals surface area contributed by atoms with Gasteiger partial charge in [-0.2, -0.15) is 11.3 Å². The molecule has 0 atom stereocenters. The van der Waals surface area contributed by atoms with Crippen molar-refractivity contribution in [2.45, 2.75) is 69.1 Å². The smallest absolute Gasteiger partial charge is 0.257 e. The maximum absolute atomic E-state index is 12.6. The lowest BCUT2D eigenvalue weighted by Gasteiger charge is -2.23. The maximum Gasteiger partial charge on any atom is 0.257 e. The van der Waals surface area contributed by atoms with Gasteiger partial charge in [0.15, 0.2) is 0 Å². The molecule has 1 N–H and O–H groups in total. The van der Waals surface area contributed by atoms with Crippen molar-refractivity contribution in [3.05, 3.63) is 39.1 Å². The van der Waals surface area contributed by atoms with Crippen molar-refractivity contribution < 1.29 is 4.79 Å². The van der Waals surface area contributed by atoms with Crippen molar-refractivity contribution in [1.29, 1.82) is 0 Å². The fourth-order valence-corrected chi connectivity index (χ4v) is 5.54. The van der Waals surface area contributed by atoms with E-state index in [4.69, 9.17) is 0 Å². The minimum atomic E-state index is 0.0303. The highest BCUT2D eigenvalue weighted by atomic mass is 32.2. The number of anilines is 1. The molecule has 1 aromatic heterocycles. The Kier molecular flexibility index (Phi) is 5.36. The summed E-state index contributed by atoms with van der Waals surface area (Å²) in [6, 6.07) is 2.33. The molecule has 0 aliphatic carbocycles. The highest BCUT2D eigenvalue weighted by Crippen LogP contribution is 2.45. The number of thiophene rings is 1. The lowest BCUT2D eigenvalue weighted by Crippen LogP contribution is -2.15. The Bertz CT molecular complexity index is 761. The van der Waals surface area contributed by atoms with Crippen molar-refractivity contribution in [1.82, 2.24) is 0 Å². The molecule has 2 heterocycles. The van der Waals surface area contributed by atoms with E-state index in [1.165, 1.54) is 34.4 Å². The molecule has 3 rings (SSSR count). The standard InChI is InChI=1S/C20H25NOS2/c1-5-7-8-13-9-16-19(18(12(3)4)14(13)6-2)21-20(22)15-10-23-11-17(15)24-16/h9-12H,5-8H2,1-4H3,(H,21,22). The van der Waals surface area contributed by atoms with Gasteiger partial charge < -0.3 is 5.32 Å². The number of hydrogen-bond donors (Lipinski definition) is 1. The van der Waals surface area contributed by atoms with E-state index in [1.807, 2.05) is 5.38 Å². The van der Waals surface area contributed by atoms with Crippen LogP contribution in [-0.4, -0.2) is 5.91 Å². The van der Waals surface area contributed by atoms with Crippen LogP contribution in [0.25, 0.3) is 0 Å². The molecule has 128 valence electrons. The molecule has 1 amide bonds. The molecule has 0 saturated carbocycles. The molecule has 0 saturated heterocycles. The van der Waals surface area contributed by atoms with E-state index in [0.29, 0.717) is 5.92 Å². The second-order valence-corrected chi connectivity index (χ2v) is 8.45. The van der Waals surface area contributed by atoms with E-state index in [2.05, 4.69) is 44.5 Å². The number of rotatable bonds is 5. The van der Waals surface area contributed by atoms with Gasteiger partial charge in [0.2, 0.25) is 0 Å². The third kappa shape index (κ3) is 3.14. The Labute approximate surface area is 153 Å². The van der Waals surface area contributed by atoms with Crippen LogP contribution in [0.4, 0.5) is 5.69 Å². The van der Waals surface area contributed by atoms with E-state index in [1.54, 1.807) is 23.1 Å². The van der Waals surface area contributed by atoms with E-state index in [9.17, 15) is 4.79 Å². The van der Waals surface area contributed by atoms with Gasteiger partial charge in [0.1, 0.15) is 0 Å². The monoisotopic (exact) mass is 359 g/mol. The largest absolute Gasteiger partial charge is 0.321 e. The highest BCUT2D eigenvalue weighted by molar-refractivity contribution is 7.99. The summed E-state index contributed by atoms with van der Waals surface area (Å²) in [7, 11) is 0. The highest BCUT2D eigenvalue weighted by Gasteiger charge is 2.26. The zero-order chi connectivity index (χ0) is 17.3. The zero-order valence-electron chi connectivity index (χ0n) is 14.9. The predicted molar refractivity (Wildman–Crippen MR) is 105 cm³/mol. The van der Waals surface area contributed by atoms with E-state index >= 15 is 0 Å². The number of unbranched alkanes of at least 4 members (excludes halogenated alkanes) is 1. The molecule has 1 aliphatic rings. The molecule has 2 nitrogen and oxygen atoms in total. The van der Waals surface area contributed by atoms with Gasteiger partial charge in [-0.1, -0.05) is 45.9 Å². The summed E-state index contributed by atoms with van der Waals surface area (Å²) in [5, 5.41) is 7.26. The first-order valence-corrected chi connectivity index (χ1v) is 10.6. The Morgan fingerprint density at radius 3 is 2.62 bits per heavy atom. The summed E-state index contributed by atoms with van der Waals surface area (Å²) in [4.78, 5) is 14.9. The van der Waals surface area contributed by atoms with E-state index < -0.39 is 0 Å². The fraction of sp³-hybridized carbons (Fsp3) is 0.450. The molecule has 2 aromatic rings. The summed E-state index contributed by atoms with van der Waals surface area (Å²) in [6.45, 7) is 8.93. The van der Waals surface area contributed by atoms with Gasteiger partial charge in [0.05, 0.1) is 11.3 Å². The van der Waals surface area contributed by atoms with Crippen LogP contribution >= 0.6 is 23.1 Å². The Balaban J connectivity index is 2.19. The van der Waals surface area contributed by atoms with Crippen molar-refractivity contribution in [2.75, 3.05) is 5.32 Å². The SMILES string of the molecule is CCCCc1cc2c(c(C(C)C)c1CC)NC(=O)c1cscc1S2. The van der Waals surface area contributed by atoms with E-state index in [0.717, 1.165) is 29.0 Å². The first-order valence-electron chi connectivity index (χ1n) is 8.80. The second-order valence-electron chi connectivity index (χ2n) is 6.62. The first kappa shape index (κ1) is 17.6. The van der Waals surface area contributed by atoms with Crippen LogP contribution in [0.1, 0.15) is 73.5 Å². The topological polar surface area (TPSA) is 29.1 Å². The van der Waals surface area contributed by atoms with Gasteiger partial charge in [-0.25, -0.2) is 0 Å². The van der Waals surface area contributed by atoms with Crippen molar-refractivity contribution in [3.63, 3.8) is 0 Å². The summed E-state index contributed by atoms with van der Waals surface area (Å²) in [6.07, 6.45) is 4.55. The normalized spacial score (nSPS) is 13.5. The number of carbonyl (C=O) groups excluding carboxylic acids is 1. The number of amides is 1. The molecule has 24 heavy (non-hydrogen) atoms. The Hall–Kier alpha value is -1.26. The van der Waals surface area contributed by atoms with Gasteiger partial charge in [-0.05, 0) is 47.9 Å². The molecule has 1 aromatic carbocycles. The molecule has 4 heteroatoms. The third-order valence-corrected chi connectivity index (χ3v) is 6.59. The number of benzene rings is 1. The van der Waals surface area contributed by atoms with Gasteiger partial charge in [-0.3, -0.25) is 4.79 Å². The van der Waals surface area contributed by atoms with Gasteiger partial charge in [-0.15, -0.1) is 0 Å². The first-order chi connectivity index (χ1) is 11.6. The summed E-state index contributed by atoms with van der Waals surface area (Å²) < 4.78 is 0.